The van der Waals surface area contributed by atoms with Gasteiger partial charge in [-0.25, -0.2) is 4.68 Å². The van der Waals surface area contributed by atoms with Crippen LogP contribution in [-0.2, 0) is 4.79 Å². The number of rotatable bonds is 4. The highest BCUT2D eigenvalue weighted by Crippen LogP contribution is 2.36. The first kappa shape index (κ1) is 18.5. The molecule has 3 aromatic rings. The van der Waals surface area contributed by atoms with Crippen LogP contribution in [-0.4, -0.2) is 32.9 Å². The standard InChI is InChI=1S/C21H21N5O3/c1-12-4-9-17(29-3)16(10-12)25-20(28)18-13(2)24-21-22-11-23-26(21)19(18)14-5-7-15(27)8-6-14/h4-11,19,27H,1-3H3,(H,25,28)(H,22,23,24). The summed E-state index contributed by atoms with van der Waals surface area (Å²) < 4.78 is 7.04. The van der Waals surface area contributed by atoms with Gasteiger partial charge >= 0.3 is 0 Å². The van der Waals surface area contributed by atoms with E-state index in [-0.39, 0.29) is 11.7 Å². The van der Waals surface area contributed by atoms with Crippen LogP contribution in [0.5, 0.6) is 11.5 Å². The predicted octanol–water partition coefficient (Wildman–Crippen LogP) is 3.23. The van der Waals surface area contributed by atoms with Gasteiger partial charge in [0.25, 0.3) is 5.91 Å². The van der Waals surface area contributed by atoms with E-state index in [9.17, 15) is 9.90 Å². The molecule has 148 valence electrons. The highest BCUT2D eigenvalue weighted by atomic mass is 16.5. The summed E-state index contributed by atoms with van der Waals surface area (Å²) in [6.45, 7) is 3.77. The molecule has 0 radical (unpaired) electrons. The zero-order valence-corrected chi connectivity index (χ0v) is 16.3. The molecule has 0 spiro atoms. The molecular weight excluding hydrogens is 370 g/mol. The summed E-state index contributed by atoms with van der Waals surface area (Å²) in [6, 6.07) is 11.8. The molecule has 4 rings (SSSR count). The molecule has 0 fully saturated rings. The van der Waals surface area contributed by atoms with Gasteiger partial charge in [-0.15, -0.1) is 0 Å². The number of anilines is 2. The third-order valence-electron chi connectivity index (χ3n) is 4.85. The number of carbonyl (C=O) groups is 1. The lowest BCUT2D eigenvalue weighted by Crippen LogP contribution is -2.31. The molecule has 29 heavy (non-hydrogen) atoms. The van der Waals surface area contributed by atoms with E-state index in [2.05, 4.69) is 20.7 Å². The van der Waals surface area contributed by atoms with Crippen molar-refractivity contribution in [1.82, 2.24) is 14.8 Å². The maximum atomic E-state index is 13.4. The van der Waals surface area contributed by atoms with Crippen molar-refractivity contribution in [1.29, 1.82) is 0 Å². The topological polar surface area (TPSA) is 101 Å². The predicted molar refractivity (Wildman–Crippen MR) is 109 cm³/mol. The van der Waals surface area contributed by atoms with E-state index in [4.69, 9.17) is 4.74 Å². The molecule has 8 heteroatoms. The molecule has 0 saturated carbocycles. The van der Waals surface area contributed by atoms with Gasteiger partial charge in [0.15, 0.2) is 0 Å². The van der Waals surface area contributed by atoms with E-state index < -0.39 is 6.04 Å². The highest BCUT2D eigenvalue weighted by Gasteiger charge is 2.33. The lowest BCUT2D eigenvalue weighted by molar-refractivity contribution is -0.113. The largest absolute Gasteiger partial charge is 0.508 e. The molecule has 1 aromatic heterocycles. The molecule has 0 bridgehead atoms. The Balaban J connectivity index is 1.76. The van der Waals surface area contributed by atoms with Crippen LogP contribution in [0.2, 0.25) is 0 Å². The Morgan fingerprint density at radius 1 is 1.21 bits per heavy atom. The molecule has 0 aliphatic carbocycles. The Hall–Kier alpha value is -3.81. The minimum Gasteiger partial charge on any atom is -0.508 e. The smallest absolute Gasteiger partial charge is 0.255 e. The Labute approximate surface area is 167 Å². The third kappa shape index (κ3) is 3.40. The Morgan fingerprint density at radius 3 is 2.69 bits per heavy atom. The van der Waals surface area contributed by atoms with Crippen molar-refractivity contribution in [3.8, 4) is 11.5 Å². The number of aromatic nitrogens is 3. The van der Waals surface area contributed by atoms with Gasteiger partial charge in [0.1, 0.15) is 23.9 Å². The number of methoxy groups -OCH3 is 1. The fraction of sp³-hybridized carbons (Fsp3) is 0.190. The van der Waals surface area contributed by atoms with Crippen LogP contribution in [0.3, 0.4) is 0 Å². The van der Waals surface area contributed by atoms with E-state index >= 15 is 0 Å². The van der Waals surface area contributed by atoms with Gasteiger partial charge in [0.05, 0.1) is 18.4 Å². The number of nitrogens with one attached hydrogen (secondary N) is 2. The molecule has 1 amide bonds. The molecular formula is C21H21N5O3. The van der Waals surface area contributed by atoms with Crippen molar-refractivity contribution >= 4 is 17.5 Å². The van der Waals surface area contributed by atoms with Crippen molar-refractivity contribution in [2.45, 2.75) is 19.9 Å². The number of amides is 1. The van der Waals surface area contributed by atoms with Gasteiger partial charge in [-0.3, -0.25) is 4.79 Å². The van der Waals surface area contributed by atoms with E-state index in [0.29, 0.717) is 28.7 Å². The monoisotopic (exact) mass is 391 g/mol. The second-order valence-corrected chi connectivity index (χ2v) is 6.84. The number of nitrogens with zero attached hydrogens (tertiary/aromatic N) is 3. The summed E-state index contributed by atoms with van der Waals surface area (Å²) in [4.78, 5) is 17.6. The average molecular weight is 391 g/mol. The van der Waals surface area contributed by atoms with E-state index in [1.807, 2.05) is 32.0 Å². The molecule has 1 unspecified atom stereocenters. The lowest BCUT2D eigenvalue weighted by atomic mass is 9.95. The molecule has 8 nitrogen and oxygen atoms in total. The quantitative estimate of drug-likeness (QED) is 0.631. The average Bonchev–Trinajstić information content (AvgIpc) is 3.15. The summed E-state index contributed by atoms with van der Waals surface area (Å²) in [5, 5.41) is 20.1. The Morgan fingerprint density at radius 2 is 1.97 bits per heavy atom. The molecule has 0 saturated heterocycles. The number of hydrogen-bond acceptors (Lipinski definition) is 6. The van der Waals surface area contributed by atoms with E-state index in [0.717, 1.165) is 11.1 Å². The van der Waals surface area contributed by atoms with Crippen molar-refractivity contribution < 1.29 is 14.6 Å². The molecule has 2 heterocycles. The number of benzene rings is 2. The van der Waals surface area contributed by atoms with Crippen molar-refractivity contribution in [3.63, 3.8) is 0 Å². The summed E-state index contributed by atoms with van der Waals surface area (Å²) in [5.41, 5.74) is 3.57. The number of fused-ring (bicyclic) bond motifs is 1. The fourth-order valence-electron chi connectivity index (χ4n) is 3.46. The highest BCUT2D eigenvalue weighted by molar-refractivity contribution is 6.06. The Bertz CT molecular complexity index is 1100. The van der Waals surface area contributed by atoms with Crippen LogP contribution >= 0.6 is 0 Å². The Kier molecular flexibility index (Phi) is 4.67. The molecule has 1 aliphatic rings. The normalized spacial score (nSPS) is 15.5. The van der Waals surface area contributed by atoms with Crippen molar-refractivity contribution in [2.75, 3.05) is 17.7 Å². The number of phenolic OH excluding ortho intramolecular Hbond substituents is 1. The van der Waals surface area contributed by atoms with E-state index in [1.165, 1.54) is 6.33 Å². The maximum absolute atomic E-state index is 13.4. The zero-order valence-electron chi connectivity index (χ0n) is 16.3. The van der Waals surface area contributed by atoms with Gasteiger partial charge in [-0.2, -0.15) is 10.1 Å². The van der Waals surface area contributed by atoms with Gasteiger partial charge in [-0.1, -0.05) is 18.2 Å². The van der Waals surface area contributed by atoms with E-state index in [1.54, 1.807) is 36.1 Å². The van der Waals surface area contributed by atoms with Gasteiger partial charge < -0.3 is 20.5 Å². The third-order valence-corrected chi connectivity index (χ3v) is 4.85. The summed E-state index contributed by atoms with van der Waals surface area (Å²) in [7, 11) is 1.56. The SMILES string of the molecule is COc1ccc(C)cc1NC(=O)C1=C(C)Nc2ncnn2C1c1ccc(O)cc1. The minimum absolute atomic E-state index is 0.151. The van der Waals surface area contributed by atoms with Crippen LogP contribution in [0.15, 0.2) is 60.1 Å². The maximum Gasteiger partial charge on any atom is 0.255 e. The number of phenols is 1. The van der Waals surface area contributed by atoms with Crippen LogP contribution < -0.4 is 15.4 Å². The first-order valence-electron chi connectivity index (χ1n) is 9.10. The minimum atomic E-state index is -0.495. The number of ether oxygens (including phenoxy) is 1. The van der Waals surface area contributed by atoms with Crippen molar-refractivity contribution in [2.24, 2.45) is 0 Å². The first-order valence-corrected chi connectivity index (χ1v) is 9.10. The van der Waals surface area contributed by atoms with Crippen LogP contribution in [0, 0.1) is 6.92 Å². The second kappa shape index (κ2) is 7.31. The van der Waals surface area contributed by atoms with Gasteiger partial charge in [0.2, 0.25) is 5.95 Å². The van der Waals surface area contributed by atoms with Gasteiger partial charge in [0, 0.05) is 5.70 Å². The fourth-order valence-corrected chi connectivity index (χ4v) is 3.46. The van der Waals surface area contributed by atoms with Crippen LogP contribution in [0.25, 0.3) is 0 Å². The lowest BCUT2D eigenvalue weighted by Gasteiger charge is -2.29. The molecule has 1 atom stereocenters. The molecule has 1 aliphatic heterocycles. The summed E-state index contributed by atoms with van der Waals surface area (Å²) in [5.74, 6) is 0.995. The van der Waals surface area contributed by atoms with Crippen LogP contribution in [0.4, 0.5) is 11.6 Å². The molecule has 3 N–H and O–H groups in total. The molecule has 2 aromatic carbocycles. The summed E-state index contributed by atoms with van der Waals surface area (Å²) in [6.07, 6.45) is 1.44. The second-order valence-electron chi connectivity index (χ2n) is 6.84. The number of aryl methyl sites for hydroxylation is 1. The summed E-state index contributed by atoms with van der Waals surface area (Å²) >= 11 is 0. The van der Waals surface area contributed by atoms with Crippen molar-refractivity contribution in [3.05, 3.63) is 71.2 Å². The number of hydrogen-bond donors (Lipinski definition) is 3. The van der Waals surface area contributed by atoms with Gasteiger partial charge in [-0.05, 0) is 49.2 Å². The number of carbonyl (C=O) groups excluding carboxylic acids is 1. The van der Waals surface area contributed by atoms with Crippen LogP contribution in [0.1, 0.15) is 24.1 Å². The number of allylic oxidation sites excluding steroid dienone is 1. The number of aromatic hydroxyl groups is 1. The first-order chi connectivity index (χ1) is 14.0. The zero-order chi connectivity index (χ0) is 20.5.